The second-order valence-electron chi connectivity index (χ2n) is 5.46. The highest BCUT2D eigenvalue weighted by molar-refractivity contribution is 5.49. The van der Waals surface area contributed by atoms with E-state index in [1.807, 2.05) is 43.3 Å². The summed E-state index contributed by atoms with van der Waals surface area (Å²) in [6.07, 6.45) is -0.773. The Labute approximate surface area is 136 Å². The molecule has 1 N–H and O–H groups in total. The van der Waals surface area contributed by atoms with Crippen LogP contribution in [0, 0.1) is 5.82 Å². The minimum Gasteiger partial charge on any atom is -0.491 e. The van der Waals surface area contributed by atoms with Crippen LogP contribution >= 0.6 is 0 Å². The van der Waals surface area contributed by atoms with Gasteiger partial charge in [0.15, 0.2) is 0 Å². The number of hydrogen-bond acceptors (Lipinski definition) is 4. The van der Waals surface area contributed by atoms with E-state index in [0.29, 0.717) is 11.3 Å². The number of aliphatic hydroxyl groups is 1. The Hall–Kier alpha value is -2.11. The monoisotopic (exact) mass is 319 g/mol. The molecule has 2 aromatic carbocycles. The third kappa shape index (κ3) is 5.54. The zero-order chi connectivity index (χ0) is 16.7. The summed E-state index contributed by atoms with van der Waals surface area (Å²) in [6, 6.07) is 14.0. The molecule has 0 aromatic heterocycles. The van der Waals surface area contributed by atoms with Crippen molar-refractivity contribution in [1.29, 1.82) is 0 Å². The summed E-state index contributed by atoms with van der Waals surface area (Å²) in [5.74, 6) is 0.378. The fraction of sp³-hybridized carbons (Fsp3) is 0.333. The van der Waals surface area contributed by atoms with Crippen LogP contribution < -0.4 is 9.64 Å². The van der Waals surface area contributed by atoms with Crippen molar-refractivity contribution >= 4 is 5.69 Å². The van der Waals surface area contributed by atoms with E-state index in [4.69, 9.17) is 9.47 Å². The number of aliphatic hydroxyl groups excluding tert-OH is 1. The van der Waals surface area contributed by atoms with Crippen LogP contribution in [-0.2, 0) is 11.3 Å². The standard InChI is InChI=1S/C18H22FNO3/c1-20(2)15-7-5-8-17(10-15)23-13-16(21)12-22-11-14-6-3-4-9-18(14)19/h3-10,16,21H,11-13H2,1-2H3. The molecule has 0 amide bonds. The van der Waals surface area contributed by atoms with E-state index in [9.17, 15) is 9.50 Å². The van der Waals surface area contributed by atoms with Crippen LogP contribution in [0.15, 0.2) is 48.5 Å². The van der Waals surface area contributed by atoms with Gasteiger partial charge in [-0.05, 0) is 18.2 Å². The molecule has 2 aromatic rings. The molecular formula is C18H22FNO3. The predicted molar refractivity (Wildman–Crippen MR) is 88.3 cm³/mol. The van der Waals surface area contributed by atoms with Crippen molar-refractivity contribution in [3.05, 3.63) is 59.9 Å². The Balaban J connectivity index is 1.74. The second kappa shape index (κ2) is 8.50. The lowest BCUT2D eigenvalue weighted by atomic mass is 10.2. The summed E-state index contributed by atoms with van der Waals surface area (Å²) in [5, 5.41) is 9.88. The Morgan fingerprint density at radius 3 is 2.61 bits per heavy atom. The number of anilines is 1. The average Bonchev–Trinajstić information content (AvgIpc) is 2.55. The van der Waals surface area contributed by atoms with E-state index in [1.54, 1.807) is 18.2 Å². The number of rotatable bonds is 8. The molecule has 5 heteroatoms. The van der Waals surface area contributed by atoms with Crippen molar-refractivity contribution in [2.75, 3.05) is 32.2 Å². The molecule has 0 saturated carbocycles. The quantitative estimate of drug-likeness (QED) is 0.812. The topological polar surface area (TPSA) is 41.9 Å². The number of hydrogen-bond donors (Lipinski definition) is 1. The molecule has 4 nitrogen and oxygen atoms in total. The smallest absolute Gasteiger partial charge is 0.128 e. The normalized spacial score (nSPS) is 12.0. The van der Waals surface area contributed by atoms with Crippen LogP contribution in [0.25, 0.3) is 0 Å². The number of nitrogens with zero attached hydrogens (tertiary/aromatic N) is 1. The minimum atomic E-state index is -0.773. The SMILES string of the molecule is CN(C)c1cccc(OCC(O)COCc2ccccc2F)c1. The van der Waals surface area contributed by atoms with Crippen LogP contribution in [0.3, 0.4) is 0 Å². The zero-order valence-electron chi connectivity index (χ0n) is 13.4. The molecule has 0 spiro atoms. The van der Waals surface area contributed by atoms with E-state index in [1.165, 1.54) is 6.07 Å². The van der Waals surface area contributed by atoms with Gasteiger partial charge in [0.1, 0.15) is 24.3 Å². The maximum atomic E-state index is 13.4. The molecule has 0 aliphatic heterocycles. The van der Waals surface area contributed by atoms with Crippen molar-refractivity contribution in [2.45, 2.75) is 12.7 Å². The van der Waals surface area contributed by atoms with Gasteiger partial charge in [0.2, 0.25) is 0 Å². The Bertz CT molecular complexity index is 619. The maximum absolute atomic E-state index is 13.4. The largest absolute Gasteiger partial charge is 0.491 e. The molecule has 124 valence electrons. The molecule has 0 bridgehead atoms. The highest BCUT2D eigenvalue weighted by Gasteiger charge is 2.08. The summed E-state index contributed by atoms with van der Waals surface area (Å²) in [5.41, 5.74) is 1.49. The van der Waals surface area contributed by atoms with Crippen LogP contribution in [0.1, 0.15) is 5.56 Å². The van der Waals surface area contributed by atoms with Crippen molar-refractivity contribution in [2.24, 2.45) is 0 Å². The fourth-order valence-electron chi connectivity index (χ4n) is 2.01. The van der Waals surface area contributed by atoms with Gasteiger partial charge in [-0.25, -0.2) is 4.39 Å². The third-order valence-corrected chi connectivity index (χ3v) is 3.30. The van der Waals surface area contributed by atoms with Gasteiger partial charge >= 0.3 is 0 Å². The predicted octanol–water partition coefficient (Wildman–Crippen LogP) is 2.85. The fourth-order valence-corrected chi connectivity index (χ4v) is 2.01. The van der Waals surface area contributed by atoms with Crippen molar-refractivity contribution in [3.8, 4) is 5.75 Å². The second-order valence-corrected chi connectivity index (χ2v) is 5.46. The minimum absolute atomic E-state index is 0.0850. The maximum Gasteiger partial charge on any atom is 0.128 e. The molecule has 1 unspecified atom stereocenters. The number of ether oxygens (including phenoxy) is 2. The molecule has 0 heterocycles. The van der Waals surface area contributed by atoms with Gasteiger partial charge < -0.3 is 19.5 Å². The summed E-state index contributed by atoms with van der Waals surface area (Å²) < 4.78 is 24.3. The first-order valence-corrected chi connectivity index (χ1v) is 7.45. The first-order chi connectivity index (χ1) is 11.1. The van der Waals surface area contributed by atoms with Crippen molar-refractivity contribution in [3.63, 3.8) is 0 Å². The third-order valence-electron chi connectivity index (χ3n) is 3.30. The lowest BCUT2D eigenvalue weighted by Gasteiger charge is -2.16. The number of benzene rings is 2. The van der Waals surface area contributed by atoms with E-state index < -0.39 is 6.10 Å². The Kier molecular flexibility index (Phi) is 6.38. The first-order valence-electron chi connectivity index (χ1n) is 7.45. The lowest BCUT2D eigenvalue weighted by Crippen LogP contribution is -2.23. The molecular weight excluding hydrogens is 297 g/mol. The molecule has 2 rings (SSSR count). The van der Waals surface area contributed by atoms with Gasteiger partial charge in [-0.3, -0.25) is 0 Å². The van der Waals surface area contributed by atoms with Crippen LogP contribution in [0.5, 0.6) is 5.75 Å². The van der Waals surface area contributed by atoms with Gasteiger partial charge in [0.25, 0.3) is 0 Å². The molecule has 0 fully saturated rings. The van der Waals surface area contributed by atoms with Gasteiger partial charge in [-0.1, -0.05) is 24.3 Å². The first kappa shape index (κ1) is 17.2. The van der Waals surface area contributed by atoms with Gasteiger partial charge in [0.05, 0.1) is 13.2 Å². The van der Waals surface area contributed by atoms with Gasteiger partial charge in [0, 0.05) is 31.4 Å². The average molecular weight is 319 g/mol. The zero-order valence-corrected chi connectivity index (χ0v) is 13.4. The van der Waals surface area contributed by atoms with Crippen LogP contribution in [-0.4, -0.2) is 38.5 Å². The molecule has 23 heavy (non-hydrogen) atoms. The summed E-state index contributed by atoms with van der Waals surface area (Å²) >= 11 is 0. The van der Waals surface area contributed by atoms with E-state index in [0.717, 1.165) is 5.69 Å². The Morgan fingerprint density at radius 2 is 1.87 bits per heavy atom. The van der Waals surface area contributed by atoms with Crippen molar-refractivity contribution < 1.29 is 19.0 Å². The van der Waals surface area contributed by atoms with Gasteiger partial charge in [-0.15, -0.1) is 0 Å². The van der Waals surface area contributed by atoms with Crippen LogP contribution in [0.2, 0.25) is 0 Å². The molecule has 0 radical (unpaired) electrons. The molecule has 0 saturated heterocycles. The van der Waals surface area contributed by atoms with E-state index >= 15 is 0 Å². The summed E-state index contributed by atoms with van der Waals surface area (Å²) in [4.78, 5) is 1.97. The van der Waals surface area contributed by atoms with Crippen molar-refractivity contribution in [1.82, 2.24) is 0 Å². The van der Waals surface area contributed by atoms with E-state index in [-0.39, 0.29) is 25.6 Å². The Morgan fingerprint density at radius 1 is 1.09 bits per heavy atom. The lowest BCUT2D eigenvalue weighted by molar-refractivity contribution is 0.00477. The van der Waals surface area contributed by atoms with Crippen LogP contribution in [0.4, 0.5) is 10.1 Å². The highest BCUT2D eigenvalue weighted by Crippen LogP contribution is 2.19. The molecule has 1 atom stereocenters. The molecule has 0 aliphatic carbocycles. The molecule has 0 aliphatic rings. The number of halogens is 1. The van der Waals surface area contributed by atoms with Gasteiger partial charge in [-0.2, -0.15) is 0 Å². The van der Waals surface area contributed by atoms with E-state index in [2.05, 4.69) is 0 Å². The summed E-state index contributed by atoms with van der Waals surface area (Å²) in [7, 11) is 3.90. The summed E-state index contributed by atoms with van der Waals surface area (Å²) in [6.45, 7) is 0.329. The highest BCUT2D eigenvalue weighted by atomic mass is 19.1.